The van der Waals surface area contributed by atoms with E-state index in [2.05, 4.69) is 10.6 Å². The summed E-state index contributed by atoms with van der Waals surface area (Å²) < 4.78 is 15.6. The van der Waals surface area contributed by atoms with Gasteiger partial charge in [-0.25, -0.2) is 4.79 Å². The zero-order valence-electron chi connectivity index (χ0n) is 16.0. The first-order valence-electron chi connectivity index (χ1n) is 8.78. The third-order valence-electron chi connectivity index (χ3n) is 4.48. The van der Waals surface area contributed by atoms with Crippen LogP contribution in [0.2, 0.25) is 0 Å². The van der Waals surface area contributed by atoms with Crippen molar-refractivity contribution in [2.24, 2.45) is 0 Å². The van der Waals surface area contributed by atoms with Gasteiger partial charge in [0, 0.05) is 30.8 Å². The number of nitrogens with zero attached hydrogens (tertiary/aromatic N) is 1. The van der Waals surface area contributed by atoms with Gasteiger partial charge in [-0.15, -0.1) is 0 Å². The third kappa shape index (κ3) is 4.28. The summed E-state index contributed by atoms with van der Waals surface area (Å²) in [6.07, 6.45) is 0.222. The number of carbonyl (C=O) groups is 2. The van der Waals surface area contributed by atoms with Crippen molar-refractivity contribution in [2.45, 2.75) is 12.5 Å². The standard InChI is InChI=1S/C20H23N3O5/c1-26-15-6-4-5-14(10-15)23-12-13(9-19(23)24)21-20(25)22-17-11-16(27-2)7-8-18(17)28-3/h4-8,10-11,13H,9,12H2,1-3H3,(H2,21,22,25)/t13-/m1/s1. The lowest BCUT2D eigenvalue weighted by Crippen LogP contribution is -2.39. The van der Waals surface area contributed by atoms with Crippen molar-refractivity contribution in [1.82, 2.24) is 5.32 Å². The zero-order chi connectivity index (χ0) is 20.1. The molecule has 0 unspecified atom stereocenters. The Bertz CT molecular complexity index is 871. The first-order chi connectivity index (χ1) is 13.5. The van der Waals surface area contributed by atoms with Crippen LogP contribution in [-0.2, 0) is 4.79 Å². The van der Waals surface area contributed by atoms with Gasteiger partial charge in [-0.05, 0) is 24.3 Å². The quantitative estimate of drug-likeness (QED) is 0.798. The Kier molecular flexibility index (Phi) is 5.88. The largest absolute Gasteiger partial charge is 0.497 e. The van der Waals surface area contributed by atoms with E-state index in [1.807, 2.05) is 18.2 Å². The van der Waals surface area contributed by atoms with Crippen molar-refractivity contribution < 1.29 is 23.8 Å². The molecule has 148 valence electrons. The number of rotatable bonds is 6. The molecule has 0 aromatic heterocycles. The Morgan fingerprint density at radius 1 is 1.04 bits per heavy atom. The number of amides is 3. The number of hydrogen-bond donors (Lipinski definition) is 2. The molecule has 1 aliphatic rings. The van der Waals surface area contributed by atoms with Crippen molar-refractivity contribution >= 4 is 23.3 Å². The number of anilines is 2. The van der Waals surface area contributed by atoms with Gasteiger partial charge in [-0.2, -0.15) is 0 Å². The van der Waals surface area contributed by atoms with E-state index >= 15 is 0 Å². The second-order valence-electron chi connectivity index (χ2n) is 6.27. The lowest BCUT2D eigenvalue weighted by molar-refractivity contribution is -0.117. The Morgan fingerprint density at radius 3 is 2.50 bits per heavy atom. The SMILES string of the molecule is COc1cccc(N2C[C@H](NC(=O)Nc3cc(OC)ccc3OC)CC2=O)c1. The van der Waals surface area contributed by atoms with Gasteiger partial charge in [-0.1, -0.05) is 6.07 Å². The molecule has 28 heavy (non-hydrogen) atoms. The average Bonchev–Trinajstić information content (AvgIpc) is 3.07. The molecule has 0 bridgehead atoms. The van der Waals surface area contributed by atoms with Crippen molar-refractivity contribution in [2.75, 3.05) is 38.1 Å². The topological polar surface area (TPSA) is 89.1 Å². The van der Waals surface area contributed by atoms with Gasteiger partial charge in [0.1, 0.15) is 17.2 Å². The van der Waals surface area contributed by atoms with Crippen LogP contribution in [0.15, 0.2) is 42.5 Å². The molecule has 1 fully saturated rings. The summed E-state index contributed by atoms with van der Waals surface area (Å²) in [6.45, 7) is 0.384. The highest BCUT2D eigenvalue weighted by atomic mass is 16.5. The normalized spacial score (nSPS) is 15.9. The maximum absolute atomic E-state index is 12.4. The molecule has 8 nitrogen and oxygen atoms in total. The molecule has 1 heterocycles. The van der Waals surface area contributed by atoms with Crippen LogP contribution >= 0.6 is 0 Å². The molecule has 3 rings (SSSR count). The zero-order valence-corrected chi connectivity index (χ0v) is 16.0. The third-order valence-corrected chi connectivity index (χ3v) is 4.48. The van der Waals surface area contributed by atoms with Crippen molar-refractivity contribution in [3.8, 4) is 17.2 Å². The molecule has 0 saturated carbocycles. The lowest BCUT2D eigenvalue weighted by atomic mass is 10.2. The number of benzene rings is 2. The molecule has 2 N–H and O–H groups in total. The first kappa shape index (κ1) is 19.3. The number of nitrogens with one attached hydrogen (secondary N) is 2. The van der Waals surface area contributed by atoms with Gasteiger partial charge >= 0.3 is 6.03 Å². The van der Waals surface area contributed by atoms with Crippen molar-refractivity contribution in [1.29, 1.82) is 0 Å². The summed E-state index contributed by atoms with van der Waals surface area (Å²) in [5.41, 5.74) is 1.22. The Labute approximate surface area is 163 Å². The minimum absolute atomic E-state index is 0.0579. The van der Waals surface area contributed by atoms with E-state index in [0.717, 1.165) is 5.69 Å². The van der Waals surface area contributed by atoms with E-state index in [1.165, 1.54) is 7.11 Å². The number of ether oxygens (including phenoxy) is 3. The Hall–Kier alpha value is -3.42. The molecule has 0 spiro atoms. The summed E-state index contributed by atoms with van der Waals surface area (Å²) in [6, 6.07) is 11.7. The van der Waals surface area contributed by atoms with Crippen LogP contribution in [0.3, 0.4) is 0 Å². The van der Waals surface area contributed by atoms with Gasteiger partial charge < -0.3 is 29.7 Å². The molecular weight excluding hydrogens is 362 g/mol. The predicted molar refractivity (Wildman–Crippen MR) is 105 cm³/mol. The molecule has 2 aromatic carbocycles. The minimum Gasteiger partial charge on any atom is -0.497 e. The Balaban J connectivity index is 1.65. The number of carbonyl (C=O) groups excluding carboxylic acids is 2. The van der Waals surface area contributed by atoms with Gasteiger partial charge in [0.15, 0.2) is 0 Å². The van der Waals surface area contributed by atoms with Crippen LogP contribution in [0.1, 0.15) is 6.42 Å². The maximum atomic E-state index is 12.4. The molecule has 8 heteroatoms. The molecule has 1 aliphatic heterocycles. The average molecular weight is 385 g/mol. The number of hydrogen-bond acceptors (Lipinski definition) is 5. The number of methoxy groups -OCH3 is 3. The van der Waals surface area contributed by atoms with E-state index in [9.17, 15) is 9.59 Å². The molecular formula is C20H23N3O5. The van der Waals surface area contributed by atoms with Crippen LogP contribution in [-0.4, -0.2) is 45.9 Å². The van der Waals surface area contributed by atoms with Gasteiger partial charge in [0.25, 0.3) is 0 Å². The van der Waals surface area contributed by atoms with E-state index in [1.54, 1.807) is 43.4 Å². The molecule has 2 aromatic rings. The maximum Gasteiger partial charge on any atom is 0.319 e. The van der Waals surface area contributed by atoms with E-state index in [-0.39, 0.29) is 18.4 Å². The first-order valence-corrected chi connectivity index (χ1v) is 8.78. The fourth-order valence-electron chi connectivity index (χ4n) is 3.09. The lowest BCUT2D eigenvalue weighted by Gasteiger charge is -2.18. The van der Waals surface area contributed by atoms with Gasteiger partial charge in [-0.3, -0.25) is 4.79 Å². The highest BCUT2D eigenvalue weighted by molar-refractivity contribution is 5.98. The summed E-state index contributed by atoms with van der Waals surface area (Å²) in [7, 11) is 4.64. The molecule has 0 aliphatic carbocycles. The number of urea groups is 1. The molecule has 1 saturated heterocycles. The van der Waals surface area contributed by atoms with Crippen LogP contribution in [0, 0.1) is 0 Å². The van der Waals surface area contributed by atoms with E-state index in [0.29, 0.717) is 29.5 Å². The fourth-order valence-corrected chi connectivity index (χ4v) is 3.09. The van der Waals surface area contributed by atoms with E-state index < -0.39 is 6.03 Å². The van der Waals surface area contributed by atoms with Crippen LogP contribution in [0.5, 0.6) is 17.2 Å². The fraction of sp³-hybridized carbons (Fsp3) is 0.300. The van der Waals surface area contributed by atoms with Crippen molar-refractivity contribution in [3.63, 3.8) is 0 Å². The second kappa shape index (κ2) is 8.51. The monoisotopic (exact) mass is 385 g/mol. The highest BCUT2D eigenvalue weighted by Crippen LogP contribution is 2.29. The predicted octanol–water partition coefficient (Wildman–Crippen LogP) is 2.64. The molecule has 0 radical (unpaired) electrons. The molecule has 3 amide bonds. The van der Waals surface area contributed by atoms with Crippen LogP contribution < -0.4 is 29.7 Å². The Morgan fingerprint density at radius 2 is 1.79 bits per heavy atom. The summed E-state index contributed by atoms with van der Waals surface area (Å²) in [5, 5.41) is 5.58. The second-order valence-corrected chi connectivity index (χ2v) is 6.27. The van der Waals surface area contributed by atoms with Crippen molar-refractivity contribution in [3.05, 3.63) is 42.5 Å². The van der Waals surface area contributed by atoms with Crippen LogP contribution in [0.25, 0.3) is 0 Å². The van der Waals surface area contributed by atoms with Gasteiger partial charge in [0.05, 0.1) is 33.1 Å². The van der Waals surface area contributed by atoms with Gasteiger partial charge in [0.2, 0.25) is 5.91 Å². The summed E-state index contributed by atoms with van der Waals surface area (Å²) >= 11 is 0. The molecule has 1 atom stereocenters. The van der Waals surface area contributed by atoms with E-state index in [4.69, 9.17) is 14.2 Å². The van der Waals surface area contributed by atoms with Crippen LogP contribution in [0.4, 0.5) is 16.2 Å². The summed E-state index contributed by atoms with van der Waals surface area (Å²) in [5.74, 6) is 1.72. The minimum atomic E-state index is -0.420. The highest BCUT2D eigenvalue weighted by Gasteiger charge is 2.31. The summed E-state index contributed by atoms with van der Waals surface area (Å²) in [4.78, 5) is 26.4. The smallest absolute Gasteiger partial charge is 0.319 e.